The predicted octanol–water partition coefficient (Wildman–Crippen LogP) is 4.45. The first-order valence-corrected chi connectivity index (χ1v) is 8.64. The molecule has 25 heavy (non-hydrogen) atoms. The monoisotopic (exact) mass is 336 g/mol. The largest absolute Gasteiger partial charge is 0.452 e. The second-order valence-electron chi connectivity index (χ2n) is 7.73. The maximum atomic E-state index is 12.9. The van der Waals surface area contributed by atoms with Gasteiger partial charge in [-0.3, -0.25) is 14.4 Å². The zero-order chi connectivity index (χ0) is 18.1. The van der Waals surface area contributed by atoms with E-state index in [1.807, 2.05) is 12.1 Å². The third kappa shape index (κ3) is 2.03. The molecule has 4 heteroatoms. The molecule has 0 N–H and O–H groups in total. The highest BCUT2D eigenvalue weighted by Gasteiger charge is 2.40. The third-order valence-electron chi connectivity index (χ3n) is 5.64. The summed E-state index contributed by atoms with van der Waals surface area (Å²) in [5.74, 6) is -0.748. The van der Waals surface area contributed by atoms with Crippen molar-refractivity contribution in [3.63, 3.8) is 0 Å². The van der Waals surface area contributed by atoms with Gasteiger partial charge in [0.2, 0.25) is 11.6 Å². The number of Topliss-reactive ketones (excluding diaryl/α,β-unsaturated/α-hetero) is 3. The quantitative estimate of drug-likeness (QED) is 0.570. The Morgan fingerprint density at radius 3 is 2.48 bits per heavy atom. The maximum Gasteiger partial charge on any atom is 0.237 e. The van der Waals surface area contributed by atoms with E-state index in [1.165, 1.54) is 6.92 Å². The lowest BCUT2D eigenvalue weighted by atomic mass is 9.69. The number of carbonyl (C=O) groups is 3. The highest BCUT2D eigenvalue weighted by Crippen LogP contribution is 2.45. The Bertz CT molecular complexity index is 972. The Morgan fingerprint density at radius 2 is 1.80 bits per heavy atom. The summed E-state index contributed by atoms with van der Waals surface area (Å²) in [5.41, 5.74) is 3.92. The summed E-state index contributed by atoms with van der Waals surface area (Å²) in [6, 6.07) is 3.92. The van der Waals surface area contributed by atoms with Crippen LogP contribution in [0, 0.1) is 6.92 Å². The molecule has 1 aromatic carbocycles. The van der Waals surface area contributed by atoms with E-state index >= 15 is 0 Å². The van der Waals surface area contributed by atoms with Crippen LogP contribution in [0.3, 0.4) is 0 Å². The molecule has 0 fully saturated rings. The molecule has 0 atom stereocenters. The van der Waals surface area contributed by atoms with Crippen LogP contribution in [-0.2, 0) is 11.8 Å². The number of fused-ring (bicyclic) bond motifs is 5. The molecule has 1 aromatic heterocycles. The van der Waals surface area contributed by atoms with Crippen LogP contribution in [0.15, 0.2) is 16.5 Å². The molecule has 0 spiro atoms. The molecular formula is C21H20O4. The number of hydrogen-bond donors (Lipinski definition) is 0. The fourth-order valence-corrected chi connectivity index (χ4v) is 4.37. The minimum atomic E-state index is -0.562. The Kier molecular flexibility index (Phi) is 3.21. The Balaban J connectivity index is 2.06. The van der Waals surface area contributed by atoms with Crippen molar-refractivity contribution >= 4 is 17.3 Å². The van der Waals surface area contributed by atoms with Crippen LogP contribution in [0.5, 0.6) is 0 Å². The third-order valence-corrected chi connectivity index (χ3v) is 5.64. The van der Waals surface area contributed by atoms with Gasteiger partial charge in [0.15, 0.2) is 11.5 Å². The number of rotatable bonds is 1. The first-order valence-electron chi connectivity index (χ1n) is 8.64. The van der Waals surface area contributed by atoms with Gasteiger partial charge in [0, 0.05) is 23.6 Å². The lowest BCUT2D eigenvalue weighted by molar-refractivity contribution is 0.0813. The Hall–Kier alpha value is -2.49. The molecule has 0 unspecified atom stereocenters. The Morgan fingerprint density at radius 1 is 1.12 bits per heavy atom. The van der Waals surface area contributed by atoms with E-state index in [0.717, 1.165) is 30.4 Å². The molecule has 2 aliphatic rings. The summed E-state index contributed by atoms with van der Waals surface area (Å²) in [5, 5.41) is 0. The van der Waals surface area contributed by atoms with Gasteiger partial charge in [0.25, 0.3) is 0 Å². The average molecular weight is 336 g/mol. The van der Waals surface area contributed by atoms with E-state index < -0.39 is 11.6 Å². The molecule has 2 aromatic rings. The molecule has 0 bridgehead atoms. The van der Waals surface area contributed by atoms with Gasteiger partial charge in [-0.2, -0.15) is 0 Å². The van der Waals surface area contributed by atoms with Crippen LogP contribution in [0.25, 0.3) is 11.3 Å². The number of carbonyl (C=O) groups excluding carboxylic acids is 3. The SMILES string of the molecule is CC(=O)c1oc2c(c1C)C(=O)C(=O)c1c-2ccc2c1CCCC2(C)C. The fourth-order valence-electron chi connectivity index (χ4n) is 4.37. The van der Waals surface area contributed by atoms with Gasteiger partial charge in [0.1, 0.15) is 5.76 Å². The van der Waals surface area contributed by atoms with Crippen molar-refractivity contribution in [3.05, 3.63) is 45.7 Å². The van der Waals surface area contributed by atoms with Gasteiger partial charge in [-0.25, -0.2) is 0 Å². The van der Waals surface area contributed by atoms with Gasteiger partial charge in [0.05, 0.1) is 5.56 Å². The van der Waals surface area contributed by atoms with Crippen molar-refractivity contribution in [1.29, 1.82) is 0 Å². The predicted molar refractivity (Wildman–Crippen MR) is 93.5 cm³/mol. The summed E-state index contributed by atoms with van der Waals surface area (Å²) in [7, 11) is 0. The molecule has 0 saturated heterocycles. The van der Waals surface area contributed by atoms with E-state index in [2.05, 4.69) is 13.8 Å². The molecular weight excluding hydrogens is 316 g/mol. The van der Waals surface area contributed by atoms with Crippen LogP contribution < -0.4 is 0 Å². The second-order valence-corrected chi connectivity index (χ2v) is 7.73. The van der Waals surface area contributed by atoms with Gasteiger partial charge >= 0.3 is 0 Å². The second kappa shape index (κ2) is 5.01. The molecule has 0 aliphatic heterocycles. The first kappa shape index (κ1) is 16.0. The molecule has 0 radical (unpaired) electrons. The van der Waals surface area contributed by atoms with Crippen molar-refractivity contribution in [2.75, 3.05) is 0 Å². The topological polar surface area (TPSA) is 64.3 Å². The molecule has 128 valence electrons. The number of furan rings is 1. The summed E-state index contributed by atoms with van der Waals surface area (Å²) in [4.78, 5) is 37.5. The van der Waals surface area contributed by atoms with E-state index in [4.69, 9.17) is 4.42 Å². The van der Waals surface area contributed by atoms with Crippen molar-refractivity contribution in [3.8, 4) is 11.3 Å². The van der Waals surface area contributed by atoms with E-state index in [1.54, 1.807) is 6.92 Å². The minimum Gasteiger partial charge on any atom is -0.452 e. The van der Waals surface area contributed by atoms with Crippen LogP contribution in [0.2, 0.25) is 0 Å². The van der Waals surface area contributed by atoms with Gasteiger partial charge in [-0.1, -0.05) is 26.0 Å². The molecule has 0 saturated carbocycles. The zero-order valence-corrected chi connectivity index (χ0v) is 14.9. The van der Waals surface area contributed by atoms with Crippen molar-refractivity contribution in [2.24, 2.45) is 0 Å². The van der Waals surface area contributed by atoms with E-state index in [-0.39, 0.29) is 22.5 Å². The van der Waals surface area contributed by atoms with Crippen molar-refractivity contribution < 1.29 is 18.8 Å². The van der Waals surface area contributed by atoms with E-state index in [0.29, 0.717) is 22.5 Å². The first-order chi connectivity index (χ1) is 11.7. The smallest absolute Gasteiger partial charge is 0.237 e. The molecule has 4 nitrogen and oxygen atoms in total. The highest BCUT2D eigenvalue weighted by atomic mass is 16.4. The van der Waals surface area contributed by atoms with Gasteiger partial charge in [-0.15, -0.1) is 0 Å². The summed E-state index contributed by atoms with van der Waals surface area (Å²) < 4.78 is 5.76. The molecule has 4 rings (SSSR count). The minimum absolute atomic E-state index is 0.0180. The van der Waals surface area contributed by atoms with Gasteiger partial charge in [-0.05, 0) is 42.7 Å². The summed E-state index contributed by atoms with van der Waals surface area (Å²) in [6.45, 7) is 7.41. The summed E-state index contributed by atoms with van der Waals surface area (Å²) in [6.07, 6.45) is 2.83. The Labute approximate surface area is 146 Å². The zero-order valence-electron chi connectivity index (χ0n) is 14.9. The van der Waals surface area contributed by atoms with Crippen LogP contribution in [-0.4, -0.2) is 17.3 Å². The molecule has 1 heterocycles. The van der Waals surface area contributed by atoms with E-state index in [9.17, 15) is 14.4 Å². The molecule has 0 amide bonds. The summed E-state index contributed by atoms with van der Waals surface area (Å²) >= 11 is 0. The van der Waals surface area contributed by atoms with Crippen molar-refractivity contribution in [2.45, 2.75) is 52.4 Å². The highest BCUT2D eigenvalue weighted by molar-refractivity contribution is 6.53. The fraction of sp³-hybridized carbons (Fsp3) is 0.381. The van der Waals surface area contributed by atoms with Crippen molar-refractivity contribution in [1.82, 2.24) is 0 Å². The van der Waals surface area contributed by atoms with Gasteiger partial charge < -0.3 is 4.42 Å². The normalized spacial score (nSPS) is 17.8. The van der Waals surface area contributed by atoms with Crippen LogP contribution >= 0.6 is 0 Å². The molecule has 2 aliphatic carbocycles. The number of ketones is 3. The average Bonchev–Trinajstić information content (AvgIpc) is 2.89. The standard InChI is InChI=1S/C21H20O4/c1-10-15-17(23)18(24)16-12-6-5-9-21(3,4)14(12)8-7-13(16)20(15)25-19(10)11(2)22/h7-8H,5-6,9H2,1-4H3. The lowest BCUT2D eigenvalue weighted by Crippen LogP contribution is -2.29. The van der Waals surface area contributed by atoms with Crippen LogP contribution in [0.4, 0.5) is 0 Å². The number of hydrogen-bond acceptors (Lipinski definition) is 4. The lowest BCUT2D eigenvalue weighted by Gasteiger charge is -2.34. The maximum absolute atomic E-state index is 12.9. The number of benzene rings is 1. The van der Waals surface area contributed by atoms with Crippen LogP contribution in [0.1, 0.15) is 81.6 Å².